The predicted molar refractivity (Wildman–Crippen MR) is 356 cm³/mol. The Bertz CT molecular complexity index is 1310. The molecule has 0 aromatic heterocycles. The SMILES string of the molecule is CCCCCCCC/C=C\CCCCCCCCCCCC(=O)OCCCCCCCCCCCCCC/C=C\CCCCCCCCCCCCC(=O)NC(CO)C(O)/C=C/CCCCCCCCCCCCCCCCCCC. The van der Waals surface area contributed by atoms with Crippen molar-refractivity contribution in [1.82, 2.24) is 5.32 Å². The van der Waals surface area contributed by atoms with Gasteiger partial charge in [0.25, 0.3) is 0 Å². The number of allylic oxidation sites excluding steroid dienone is 5. The normalized spacial score (nSPS) is 12.7. The summed E-state index contributed by atoms with van der Waals surface area (Å²) >= 11 is 0. The Kier molecular flexibility index (Phi) is 68.9. The van der Waals surface area contributed by atoms with Gasteiger partial charge in [-0.05, 0) is 83.5 Å². The number of ether oxygens (including phenoxy) is 1. The Labute approximate surface area is 506 Å². The molecule has 0 aromatic rings. The summed E-state index contributed by atoms with van der Waals surface area (Å²) in [6, 6.07) is -0.630. The number of unbranched alkanes of at least 4 members (excludes halogenated alkanes) is 54. The number of amides is 1. The number of hydrogen-bond acceptors (Lipinski definition) is 5. The molecule has 0 spiro atoms. The van der Waals surface area contributed by atoms with Gasteiger partial charge in [-0.2, -0.15) is 0 Å². The van der Waals surface area contributed by atoms with Crippen LogP contribution in [0.5, 0.6) is 0 Å². The number of rotatable bonds is 69. The zero-order chi connectivity index (χ0) is 58.5. The first-order chi connectivity index (χ1) is 40.0. The van der Waals surface area contributed by atoms with E-state index in [2.05, 4.69) is 43.5 Å². The second-order valence-electron chi connectivity index (χ2n) is 25.3. The van der Waals surface area contributed by atoms with Gasteiger partial charge in [-0.25, -0.2) is 0 Å². The third-order valence-electron chi connectivity index (χ3n) is 17.1. The highest BCUT2D eigenvalue weighted by Crippen LogP contribution is 2.18. The van der Waals surface area contributed by atoms with Crippen molar-refractivity contribution in [1.29, 1.82) is 0 Å². The molecule has 0 heterocycles. The summed E-state index contributed by atoms with van der Waals surface area (Å²) in [6.07, 6.45) is 90.9. The molecule has 0 aliphatic carbocycles. The molecule has 0 bridgehead atoms. The van der Waals surface area contributed by atoms with Crippen LogP contribution in [0.15, 0.2) is 36.5 Å². The van der Waals surface area contributed by atoms with E-state index in [1.807, 2.05) is 6.08 Å². The maximum atomic E-state index is 12.5. The molecule has 3 N–H and O–H groups in total. The smallest absolute Gasteiger partial charge is 0.305 e. The fourth-order valence-corrected chi connectivity index (χ4v) is 11.5. The average molecular weight is 1140 g/mol. The highest BCUT2D eigenvalue weighted by molar-refractivity contribution is 5.76. The second kappa shape index (κ2) is 70.6. The lowest BCUT2D eigenvalue weighted by molar-refractivity contribution is -0.143. The first-order valence-corrected chi connectivity index (χ1v) is 36.8. The zero-order valence-electron chi connectivity index (χ0n) is 54.8. The van der Waals surface area contributed by atoms with E-state index in [-0.39, 0.29) is 18.5 Å². The number of aliphatic hydroxyl groups is 2. The Balaban J connectivity index is 3.40. The summed E-state index contributed by atoms with van der Waals surface area (Å²) in [7, 11) is 0. The van der Waals surface area contributed by atoms with Gasteiger partial charge < -0.3 is 20.3 Å². The van der Waals surface area contributed by atoms with Crippen LogP contribution in [0.25, 0.3) is 0 Å². The number of carbonyl (C=O) groups excluding carboxylic acids is 2. The minimum Gasteiger partial charge on any atom is -0.466 e. The van der Waals surface area contributed by atoms with E-state index in [4.69, 9.17) is 4.74 Å². The van der Waals surface area contributed by atoms with Crippen molar-refractivity contribution in [3.63, 3.8) is 0 Å². The van der Waals surface area contributed by atoms with E-state index in [0.717, 1.165) is 44.9 Å². The number of esters is 1. The number of hydrogen-bond donors (Lipinski definition) is 3. The van der Waals surface area contributed by atoms with Crippen molar-refractivity contribution in [2.75, 3.05) is 13.2 Å². The third-order valence-corrected chi connectivity index (χ3v) is 17.1. The summed E-state index contributed by atoms with van der Waals surface area (Å²) in [5, 5.41) is 23.2. The summed E-state index contributed by atoms with van der Waals surface area (Å²) in [6.45, 7) is 4.94. The Hall–Kier alpha value is -1.92. The highest BCUT2D eigenvalue weighted by Gasteiger charge is 2.18. The quantitative estimate of drug-likeness (QED) is 0.0320. The summed E-state index contributed by atoms with van der Waals surface area (Å²) in [4.78, 5) is 24.6. The summed E-state index contributed by atoms with van der Waals surface area (Å²) < 4.78 is 5.51. The Morgan fingerprint density at radius 3 is 0.877 bits per heavy atom. The Morgan fingerprint density at radius 1 is 0.333 bits per heavy atom. The summed E-state index contributed by atoms with van der Waals surface area (Å²) in [5.74, 6) is -0.0524. The maximum absolute atomic E-state index is 12.5. The van der Waals surface area contributed by atoms with Crippen LogP contribution in [0, 0.1) is 0 Å². The van der Waals surface area contributed by atoms with Gasteiger partial charge in [0, 0.05) is 12.8 Å². The second-order valence-corrected chi connectivity index (χ2v) is 25.3. The molecule has 1 amide bonds. The van der Waals surface area contributed by atoms with Crippen LogP contribution in [0.4, 0.5) is 0 Å². The molecule has 0 saturated carbocycles. The predicted octanol–water partition coefficient (Wildman–Crippen LogP) is 23.9. The monoisotopic (exact) mass is 1140 g/mol. The lowest BCUT2D eigenvalue weighted by atomic mass is 10.0. The van der Waals surface area contributed by atoms with Gasteiger partial charge in [-0.15, -0.1) is 0 Å². The van der Waals surface area contributed by atoms with Crippen LogP contribution in [-0.2, 0) is 14.3 Å². The summed E-state index contributed by atoms with van der Waals surface area (Å²) in [5.41, 5.74) is 0. The van der Waals surface area contributed by atoms with Crippen molar-refractivity contribution >= 4 is 11.9 Å². The minimum absolute atomic E-state index is 0.0141. The maximum Gasteiger partial charge on any atom is 0.305 e. The van der Waals surface area contributed by atoms with Crippen molar-refractivity contribution < 1.29 is 24.5 Å². The molecule has 0 saturated heterocycles. The van der Waals surface area contributed by atoms with Gasteiger partial charge in [0.1, 0.15) is 0 Å². The fraction of sp³-hybridized carbons (Fsp3) is 0.893. The molecule has 6 heteroatoms. The number of nitrogens with one attached hydrogen (secondary N) is 1. The van der Waals surface area contributed by atoms with Crippen LogP contribution < -0.4 is 5.32 Å². The fourth-order valence-electron chi connectivity index (χ4n) is 11.5. The lowest BCUT2D eigenvalue weighted by Crippen LogP contribution is -2.45. The molecular weight excluding hydrogens is 995 g/mol. The molecule has 0 fully saturated rings. The average Bonchev–Trinajstić information content (AvgIpc) is 3.47. The molecule has 478 valence electrons. The van der Waals surface area contributed by atoms with Gasteiger partial charge in [-0.1, -0.05) is 346 Å². The van der Waals surface area contributed by atoms with Gasteiger partial charge >= 0.3 is 5.97 Å². The lowest BCUT2D eigenvalue weighted by Gasteiger charge is -2.20. The van der Waals surface area contributed by atoms with Crippen molar-refractivity contribution in [3.8, 4) is 0 Å². The molecule has 2 unspecified atom stereocenters. The molecule has 0 aliphatic rings. The molecule has 0 rings (SSSR count). The topological polar surface area (TPSA) is 95.9 Å². The first-order valence-electron chi connectivity index (χ1n) is 36.8. The van der Waals surface area contributed by atoms with Crippen LogP contribution in [0.1, 0.15) is 406 Å². The van der Waals surface area contributed by atoms with E-state index < -0.39 is 12.1 Å². The molecule has 81 heavy (non-hydrogen) atoms. The number of carbonyl (C=O) groups is 2. The van der Waals surface area contributed by atoms with Crippen LogP contribution >= 0.6 is 0 Å². The van der Waals surface area contributed by atoms with Crippen LogP contribution in [-0.4, -0.2) is 47.4 Å². The Morgan fingerprint density at radius 2 is 0.580 bits per heavy atom. The van der Waals surface area contributed by atoms with E-state index in [9.17, 15) is 19.8 Å². The first kappa shape index (κ1) is 79.1. The molecule has 0 aliphatic heterocycles. The molecule has 0 radical (unpaired) electrons. The molecule has 0 aromatic carbocycles. The van der Waals surface area contributed by atoms with Gasteiger partial charge in [0.15, 0.2) is 0 Å². The van der Waals surface area contributed by atoms with Gasteiger partial charge in [-0.3, -0.25) is 9.59 Å². The molecule has 2 atom stereocenters. The highest BCUT2D eigenvalue weighted by atomic mass is 16.5. The van der Waals surface area contributed by atoms with Gasteiger partial charge in [0.2, 0.25) is 5.91 Å². The van der Waals surface area contributed by atoms with E-state index in [1.165, 1.54) is 334 Å². The van der Waals surface area contributed by atoms with E-state index in [1.54, 1.807) is 6.08 Å². The van der Waals surface area contributed by atoms with E-state index in [0.29, 0.717) is 19.4 Å². The largest absolute Gasteiger partial charge is 0.466 e. The third kappa shape index (κ3) is 67.1. The molecule has 6 nitrogen and oxygen atoms in total. The molecular formula is C75H143NO5. The van der Waals surface area contributed by atoms with Gasteiger partial charge in [0.05, 0.1) is 25.4 Å². The van der Waals surface area contributed by atoms with Crippen LogP contribution in [0.2, 0.25) is 0 Å². The van der Waals surface area contributed by atoms with Crippen molar-refractivity contribution in [2.24, 2.45) is 0 Å². The van der Waals surface area contributed by atoms with Crippen molar-refractivity contribution in [2.45, 2.75) is 418 Å². The van der Waals surface area contributed by atoms with Crippen LogP contribution in [0.3, 0.4) is 0 Å². The number of aliphatic hydroxyl groups excluding tert-OH is 2. The van der Waals surface area contributed by atoms with Crippen molar-refractivity contribution in [3.05, 3.63) is 36.5 Å². The zero-order valence-corrected chi connectivity index (χ0v) is 54.8. The minimum atomic E-state index is -0.847. The van der Waals surface area contributed by atoms with E-state index >= 15 is 0 Å². The standard InChI is InChI=1S/C75H143NO5/c1-3-5-7-9-11-13-15-17-19-21-31-35-39-43-47-51-55-59-63-67-73(78)72(71-77)76-74(79)68-64-60-56-52-48-44-40-36-33-29-27-25-23-24-26-28-30-34-38-42-46-50-54-58-62-66-70-81-75(80)69-65-61-57-53-49-45-41-37-32-22-20-18-16-14-12-10-8-6-4-2/h18,20,23,25,63,67,72-73,77-78H,3-17,19,21-22,24,26-62,64-66,68-71H2,1-2H3,(H,76,79)/b20-18-,25-23-,67-63+.